The lowest BCUT2D eigenvalue weighted by Gasteiger charge is -2.27. The molecule has 1 amide bonds. The summed E-state index contributed by atoms with van der Waals surface area (Å²) in [5.74, 6) is -2.15. The number of fused-ring (bicyclic) bond motifs is 1. The van der Waals surface area contributed by atoms with Crippen LogP contribution in [0, 0.1) is 5.41 Å². The Bertz CT molecular complexity index is 708. The van der Waals surface area contributed by atoms with Gasteiger partial charge >= 0.3 is 12.1 Å². The third-order valence-electron chi connectivity index (χ3n) is 4.51. The molecule has 2 aliphatic rings. The van der Waals surface area contributed by atoms with Crippen LogP contribution >= 0.6 is 11.6 Å². The molecular formula is C15H13ClF3NO4. The van der Waals surface area contributed by atoms with E-state index in [-0.39, 0.29) is 13.0 Å². The lowest BCUT2D eigenvalue weighted by Crippen LogP contribution is -2.49. The Morgan fingerprint density at radius 1 is 1.38 bits per heavy atom. The van der Waals surface area contributed by atoms with Crippen molar-refractivity contribution in [2.45, 2.75) is 25.1 Å². The number of carbonyl (C=O) groups excluding carboxylic acids is 1. The van der Waals surface area contributed by atoms with E-state index in [1.807, 2.05) is 0 Å². The van der Waals surface area contributed by atoms with Crippen molar-refractivity contribution in [3.63, 3.8) is 0 Å². The summed E-state index contributed by atoms with van der Waals surface area (Å²) < 4.78 is 45.0. The molecule has 2 atom stereocenters. The van der Waals surface area contributed by atoms with Crippen molar-refractivity contribution in [2.24, 2.45) is 5.41 Å². The molecule has 0 bridgehead atoms. The molecule has 1 fully saturated rings. The minimum Gasteiger partial charge on any atom is -0.481 e. The van der Waals surface area contributed by atoms with Crippen LogP contribution in [-0.2, 0) is 16.0 Å². The van der Waals surface area contributed by atoms with Gasteiger partial charge in [-0.05, 0) is 30.2 Å². The van der Waals surface area contributed by atoms with Gasteiger partial charge in [-0.3, -0.25) is 9.59 Å². The average molecular weight is 364 g/mol. The molecule has 2 heterocycles. The Hall–Kier alpha value is -1.96. The van der Waals surface area contributed by atoms with E-state index in [0.29, 0.717) is 16.3 Å². The van der Waals surface area contributed by atoms with Gasteiger partial charge in [0.05, 0.1) is 0 Å². The van der Waals surface area contributed by atoms with Gasteiger partial charge < -0.3 is 14.7 Å². The van der Waals surface area contributed by atoms with Crippen LogP contribution in [0.3, 0.4) is 0 Å². The van der Waals surface area contributed by atoms with Crippen LogP contribution in [0.4, 0.5) is 13.2 Å². The van der Waals surface area contributed by atoms with E-state index in [0.717, 1.165) is 4.90 Å². The SMILES string of the molecule is O=C(C1Cc2cc(Cl)ccc2O1)N1CCC(C(=O)O)(C(F)(F)F)C1. The number of hydrogen-bond acceptors (Lipinski definition) is 3. The minimum absolute atomic E-state index is 0.192. The third-order valence-corrected chi connectivity index (χ3v) is 4.74. The molecule has 130 valence electrons. The van der Waals surface area contributed by atoms with Gasteiger partial charge in [0.25, 0.3) is 5.91 Å². The zero-order valence-corrected chi connectivity index (χ0v) is 13.0. The fraction of sp³-hybridized carbons (Fsp3) is 0.467. The van der Waals surface area contributed by atoms with Gasteiger partial charge in [-0.15, -0.1) is 0 Å². The van der Waals surface area contributed by atoms with Crippen molar-refractivity contribution in [2.75, 3.05) is 13.1 Å². The van der Waals surface area contributed by atoms with Crippen LogP contribution in [0.2, 0.25) is 5.02 Å². The van der Waals surface area contributed by atoms with E-state index in [1.54, 1.807) is 18.2 Å². The van der Waals surface area contributed by atoms with Crippen LogP contribution in [0.15, 0.2) is 18.2 Å². The van der Waals surface area contributed by atoms with Crippen LogP contribution in [0.5, 0.6) is 5.75 Å². The van der Waals surface area contributed by atoms with Crippen molar-refractivity contribution < 1.29 is 32.6 Å². The number of aliphatic carboxylic acids is 1. The van der Waals surface area contributed by atoms with Crippen LogP contribution in [0.1, 0.15) is 12.0 Å². The molecule has 0 saturated carbocycles. The first-order chi connectivity index (χ1) is 11.1. The summed E-state index contributed by atoms with van der Waals surface area (Å²) in [6, 6.07) is 4.81. The van der Waals surface area contributed by atoms with Crippen molar-refractivity contribution in [3.05, 3.63) is 28.8 Å². The van der Waals surface area contributed by atoms with Crippen molar-refractivity contribution in [3.8, 4) is 5.75 Å². The molecule has 1 N–H and O–H groups in total. The molecule has 0 spiro atoms. The van der Waals surface area contributed by atoms with E-state index >= 15 is 0 Å². The zero-order valence-electron chi connectivity index (χ0n) is 12.3. The molecule has 0 aliphatic carbocycles. The van der Waals surface area contributed by atoms with Gasteiger partial charge in [0.15, 0.2) is 11.5 Å². The molecule has 1 aromatic rings. The zero-order chi connectivity index (χ0) is 17.7. The summed E-state index contributed by atoms with van der Waals surface area (Å²) in [7, 11) is 0. The normalized spacial score (nSPS) is 26.2. The number of carboxylic acid groups (broad SMARTS) is 1. The highest BCUT2D eigenvalue weighted by molar-refractivity contribution is 6.30. The molecule has 1 aromatic carbocycles. The Morgan fingerprint density at radius 2 is 2.08 bits per heavy atom. The Balaban J connectivity index is 1.75. The van der Waals surface area contributed by atoms with Gasteiger partial charge in [0.1, 0.15) is 5.75 Å². The number of alkyl halides is 3. The standard InChI is InChI=1S/C15H13ClF3NO4/c16-9-1-2-10-8(5-9)6-11(24-10)12(21)20-4-3-14(7-20,13(22)23)15(17,18)19/h1-2,5,11H,3-4,6-7H2,(H,22,23). The number of halogens is 4. The van der Waals surface area contributed by atoms with Crippen LogP contribution < -0.4 is 4.74 Å². The number of carbonyl (C=O) groups is 2. The largest absolute Gasteiger partial charge is 0.481 e. The summed E-state index contributed by atoms with van der Waals surface area (Å²) in [5.41, 5.74) is -2.22. The maximum atomic E-state index is 13.2. The van der Waals surface area contributed by atoms with Crippen molar-refractivity contribution in [1.29, 1.82) is 0 Å². The molecule has 0 radical (unpaired) electrons. The molecule has 0 aromatic heterocycles. The number of rotatable bonds is 2. The van der Waals surface area contributed by atoms with E-state index in [9.17, 15) is 22.8 Å². The van der Waals surface area contributed by atoms with E-state index in [4.69, 9.17) is 21.4 Å². The number of ether oxygens (including phenoxy) is 1. The summed E-state index contributed by atoms with van der Waals surface area (Å²) >= 11 is 5.86. The molecule has 24 heavy (non-hydrogen) atoms. The fourth-order valence-electron chi connectivity index (χ4n) is 3.08. The first-order valence-electron chi connectivity index (χ1n) is 7.18. The first-order valence-corrected chi connectivity index (χ1v) is 7.56. The Kier molecular flexibility index (Phi) is 3.90. The number of likely N-dealkylation sites (tertiary alicyclic amines) is 1. The maximum Gasteiger partial charge on any atom is 0.406 e. The van der Waals surface area contributed by atoms with Gasteiger partial charge in [-0.1, -0.05) is 11.6 Å². The second-order valence-electron chi connectivity index (χ2n) is 5.96. The summed E-state index contributed by atoms with van der Waals surface area (Å²) in [6.45, 7) is -1.18. The monoisotopic (exact) mass is 363 g/mol. The molecule has 3 rings (SSSR count). The van der Waals surface area contributed by atoms with E-state index in [2.05, 4.69) is 0 Å². The van der Waals surface area contributed by atoms with Gasteiger partial charge in [-0.25, -0.2) is 0 Å². The second-order valence-corrected chi connectivity index (χ2v) is 6.39. The van der Waals surface area contributed by atoms with Crippen LogP contribution in [-0.4, -0.2) is 47.3 Å². The lowest BCUT2D eigenvalue weighted by molar-refractivity contribution is -0.227. The Labute approximate surface area is 139 Å². The molecule has 2 aliphatic heterocycles. The minimum atomic E-state index is -4.93. The highest BCUT2D eigenvalue weighted by Gasteiger charge is 2.64. The van der Waals surface area contributed by atoms with Gasteiger partial charge in [0.2, 0.25) is 0 Å². The van der Waals surface area contributed by atoms with Crippen molar-refractivity contribution in [1.82, 2.24) is 4.90 Å². The fourth-order valence-corrected chi connectivity index (χ4v) is 3.28. The molecule has 2 unspecified atom stereocenters. The molecule has 1 saturated heterocycles. The third kappa shape index (κ3) is 2.58. The molecule has 9 heteroatoms. The van der Waals surface area contributed by atoms with E-state index in [1.165, 1.54) is 0 Å². The number of benzene rings is 1. The predicted molar refractivity (Wildman–Crippen MR) is 76.9 cm³/mol. The average Bonchev–Trinajstić information content (AvgIpc) is 3.10. The number of carboxylic acids is 1. The van der Waals surface area contributed by atoms with E-state index < -0.39 is 42.5 Å². The summed E-state index contributed by atoms with van der Waals surface area (Å²) in [4.78, 5) is 24.5. The number of amides is 1. The van der Waals surface area contributed by atoms with Crippen LogP contribution in [0.25, 0.3) is 0 Å². The van der Waals surface area contributed by atoms with Crippen molar-refractivity contribution >= 4 is 23.5 Å². The molecular weight excluding hydrogens is 351 g/mol. The number of nitrogens with zero attached hydrogens (tertiary/aromatic N) is 1. The summed E-state index contributed by atoms with van der Waals surface area (Å²) in [5, 5.41) is 9.50. The highest BCUT2D eigenvalue weighted by Crippen LogP contribution is 2.46. The van der Waals surface area contributed by atoms with Gasteiger partial charge in [-0.2, -0.15) is 13.2 Å². The first kappa shape index (κ1) is 16.9. The van der Waals surface area contributed by atoms with Gasteiger partial charge in [0, 0.05) is 24.5 Å². The predicted octanol–water partition coefficient (Wildman–Crippen LogP) is 2.51. The maximum absolute atomic E-state index is 13.2. The topological polar surface area (TPSA) is 66.8 Å². The highest BCUT2D eigenvalue weighted by atomic mass is 35.5. The quantitative estimate of drug-likeness (QED) is 0.876. The number of hydrogen-bond donors (Lipinski definition) is 1. The molecule has 5 nitrogen and oxygen atoms in total. The second kappa shape index (κ2) is 5.54. The smallest absolute Gasteiger partial charge is 0.406 e. The Morgan fingerprint density at radius 3 is 2.67 bits per heavy atom. The summed E-state index contributed by atoms with van der Waals surface area (Å²) in [6.07, 6.45) is -6.36. The lowest BCUT2D eigenvalue weighted by atomic mass is 9.86.